The van der Waals surface area contributed by atoms with E-state index >= 15 is 0 Å². The number of nitrogens with one attached hydrogen (secondary N) is 2. The number of rotatable bonds is 42. The first-order valence-electron chi connectivity index (χ1n) is 25.9. The minimum atomic E-state index is -1.07. The van der Waals surface area contributed by atoms with Crippen LogP contribution in [-0.4, -0.2) is 245 Å². The standard InChI is InChI=1S/C50H80N8O17/c1-3-11-58(75-4-2)50(64)40-33-42-43(55-44(51)35-40)34-41(36-54-42)49(63)56-12-5-6-39(37-56)48(62)53-10-14-66-16-18-68-20-22-70-24-26-72-28-30-74-32-31-73-29-27-71-25-23-69-21-19-67-17-15-65-13-9-52-45(59)38-57-46(60)7-8-47(57)61/h7-8,33-34,36,39,46,60H,3-6,9-32,35,37-38H2,1-2H3,(H2,51,55)(H,52,59)(H,53,62)/t39-,46?/m0/s1. The lowest BCUT2D eigenvalue weighted by Gasteiger charge is -2.32. The van der Waals surface area contributed by atoms with Gasteiger partial charge in [-0.2, -0.15) is 0 Å². The van der Waals surface area contributed by atoms with Gasteiger partial charge in [-0.25, -0.2) is 10.1 Å². The van der Waals surface area contributed by atoms with Crippen LogP contribution < -0.4 is 16.4 Å². The van der Waals surface area contributed by atoms with Crippen LogP contribution >= 0.6 is 0 Å². The molecule has 1 fully saturated rings. The maximum atomic E-state index is 13.6. The summed E-state index contributed by atoms with van der Waals surface area (Å²) in [5, 5.41) is 16.5. The smallest absolute Gasteiger partial charge is 0.273 e. The number of hydrogen-bond acceptors (Lipinski definition) is 20. The van der Waals surface area contributed by atoms with E-state index in [0.29, 0.717) is 194 Å². The van der Waals surface area contributed by atoms with Gasteiger partial charge in [0.05, 0.1) is 162 Å². The van der Waals surface area contributed by atoms with Crippen molar-refractivity contribution in [1.82, 2.24) is 30.5 Å². The number of amidine groups is 1. The number of fused-ring (bicyclic) bond motifs is 1. The fourth-order valence-corrected chi connectivity index (χ4v) is 7.44. The molecule has 1 aromatic heterocycles. The third-order valence-corrected chi connectivity index (χ3v) is 11.2. The predicted octanol–water partition coefficient (Wildman–Crippen LogP) is 0.0149. The lowest BCUT2D eigenvalue weighted by atomic mass is 9.96. The molecule has 4 rings (SSSR count). The van der Waals surface area contributed by atoms with E-state index in [0.717, 1.165) is 11.3 Å². The van der Waals surface area contributed by atoms with Crippen molar-refractivity contribution in [3.63, 3.8) is 0 Å². The third-order valence-electron chi connectivity index (χ3n) is 11.2. The van der Waals surface area contributed by atoms with Crippen LogP contribution in [0.1, 0.15) is 55.6 Å². The second kappa shape index (κ2) is 38.5. The molecule has 0 radical (unpaired) electrons. The molecule has 3 aliphatic rings. The van der Waals surface area contributed by atoms with Gasteiger partial charge in [0.25, 0.3) is 11.8 Å². The summed E-state index contributed by atoms with van der Waals surface area (Å²) >= 11 is 0. The van der Waals surface area contributed by atoms with Crippen LogP contribution in [0.2, 0.25) is 0 Å². The summed E-state index contributed by atoms with van der Waals surface area (Å²) in [5.74, 6) is -1.61. The first kappa shape index (κ1) is 62.5. The van der Waals surface area contributed by atoms with Crippen LogP contribution in [0.25, 0.3) is 6.08 Å². The van der Waals surface area contributed by atoms with E-state index in [9.17, 15) is 29.1 Å². The molecule has 1 saturated heterocycles. The molecule has 2 atom stereocenters. The summed E-state index contributed by atoms with van der Waals surface area (Å²) in [7, 11) is 0. The molecule has 5 amide bonds. The highest BCUT2D eigenvalue weighted by molar-refractivity contribution is 6.05. The fourth-order valence-electron chi connectivity index (χ4n) is 7.44. The molecule has 0 aliphatic carbocycles. The van der Waals surface area contributed by atoms with Gasteiger partial charge < -0.3 is 78.6 Å². The molecule has 4 heterocycles. The summed E-state index contributed by atoms with van der Waals surface area (Å²) in [6.45, 7) is 13.9. The zero-order valence-electron chi connectivity index (χ0n) is 43.8. The molecule has 0 saturated carbocycles. The average molecular weight is 1070 g/mol. The molecular weight excluding hydrogens is 985 g/mol. The Morgan fingerprint density at radius 1 is 0.747 bits per heavy atom. The molecular formula is C50H80N8O17. The highest BCUT2D eigenvalue weighted by Gasteiger charge is 2.30. The Balaban J connectivity index is 0.859. The molecule has 1 aromatic rings. The van der Waals surface area contributed by atoms with Crippen LogP contribution in [0, 0.1) is 5.92 Å². The number of aliphatic imine (C=N–C) groups is 1. The number of carbonyl (C=O) groups excluding carboxylic acids is 5. The van der Waals surface area contributed by atoms with Crippen LogP contribution in [0.5, 0.6) is 0 Å². The van der Waals surface area contributed by atoms with Gasteiger partial charge in [-0.05, 0) is 44.4 Å². The maximum absolute atomic E-state index is 13.6. The Bertz CT molecular complexity index is 1940. The molecule has 25 heteroatoms. The van der Waals surface area contributed by atoms with Gasteiger partial charge in [0.2, 0.25) is 17.7 Å². The van der Waals surface area contributed by atoms with Crippen molar-refractivity contribution in [1.29, 1.82) is 0 Å². The van der Waals surface area contributed by atoms with Crippen molar-refractivity contribution >= 4 is 47.1 Å². The van der Waals surface area contributed by atoms with E-state index in [1.165, 1.54) is 23.4 Å². The maximum Gasteiger partial charge on any atom is 0.273 e. The van der Waals surface area contributed by atoms with Crippen LogP contribution in [0.4, 0.5) is 5.69 Å². The van der Waals surface area contributed by atoms with Crippen molar-refractivity contribution in [3.8, 4) is 0 Å². The van der Waals surface area contributed by atoms with Crippen LogP contribution in [0.15, 0.2) is 35.0 Å². The number of hydroxylamine groups is 2. The number of nitrogens with two attached hydrogens (primary N) is 1. The highest BCUT2D eigenvalue weighted by atomic mass is 16.7. The van der Waals surface area contributed by atoms with E-state index < -0.39 is 12.1 Å². The quantitative estimate of drug-likeness (QED) is 0.0496. The molecule has 5 N–H and O–H groups in total. The minimum absolute atomic E-state index is 0.120. The molecule has 0 bridgehead atoms. The monoisotopic (exact) mass is 1060 g/mol. The minimum Gasteiger partial charge on any atom is -0.387 e. The number of pyridine rings is 1. The number of likely N-dealkylation sites (tertiary alicyclic amines) is 1. The number of aliphatic hydroxyl groups excluding tert-OH is 1. The Morgan fingerprint density at radius 3 is 1.73 bits per heavy atom. The molecule has 25 nitrogen and oxygen atoms in total. The number of amides is 5. The number of ether oxygens (including phenoxy) is 10. The zero-order valence-corrected chi connectivity index (χ0v) is 43.8. The Hall–Kier alpha value is -5.03. The summed E-state index contributed by atoms with van der Waals surface area (Å²) in [4.78, 5) is 80.4. The number of hydrogen-bond donors (Lipinski definition) is 4. The Kier molecular flexibility index (Phi) is 32.1. The van der Waals surface area contributed by atoms with Gasteiger partial charge in [0.15, 0.2) is 0 Å². The first-order valence-corrected chi connectivity index (χ1v) is 25.9. The highest BCUT2D eigenvalue weighted by Crippen LogP contribution is 2.28. The molecule has 0 spiro atoms. The van der Waals surface area contributed by atoms with E-state index in [-0.39, 0.29) is 61.4 Å². The third kappa shape index (κ3) is 25.6. The van der Waals surface area contributed by atoms with E-state index in [1.54, 1.807) is 17.0 Å². The van der Waals surface area contributed by atoms with Gasteiger partial charge in [-0.3, -0.25) is 33.8 Å². The first-order chi connectivity index (χ1) is 36.6. The topological polar surface area (TPSA) is 292 Å². The number of carbonyl (C=O) groups is 5. The zero-order chi connectivity index (χ0) is 53.7. The molecule has 422 valence electrons. The van der Waals surface area contributed by atoms with Crippen LogP contribution in [0.3, 0.4) is 0 Å². The van der Waals surface area contributed by atoms with Gasteiger partial charge in [-0.1, -0.05) is 6.92 Å². The van der Waals surface area contributed by atoms with Gasteiger partial charge in [-0.15, -0.1) is 0 Å². The largest absolute Gasteiger partial charge is 0.387 e. The van der Waals surface area contributed by atoms with E-state index in [2.05, 4.69) is 20.6 Å². The van der Waals surface area contributed by atoms with Crippen LogP contribution in [-0.2, 0) is 71.4 Å². The number of piperidine rings is 1. The van der Waals surface area contributed by atoms with Crippen molar-refractivity contribution in [3.05, 3.63) is 41.2 Å². The van der Waals surface area contributed by atoms with E-state index in [4.69, 9.17) is 57.9 Å². The van der Waals surface area contributed by atoms with Gasteiger partial charge >= 0.3 is 0 Å². The van der Waals surface area contributed by atoms with Crippen molar-refractivity contribution in [2.45, 2.75) is 45.8 Å². The second-order valence-electron chi connectivity index (χ2n) is 17.0. The lowest BCUT2D eigenvalue weighted by Crippen LogP contribution is -2.46. The SMILES string of the molecule is CCCN(OCC)C(=O)C1=Cc2ncc(C(=O)N3CCC[C@H](C(=O)NCCOCCOCCOCCOCCOCCOCCOCCOCCOCCOCCNC(=O)CN4C(=O)C=CC4O)C3)cc2N=C(N)C1. The second-order valence-corrected chi connectivity index (χ2v) is 17.0. The van der Waals surface area contributed by atoms with Gasteiger partial charge in [0, 0.05) is 57.0 Å². The van der Waals surface area contributed by atoms with Crippen molar-refractivity contribution in [2.75, 3.05) is 178 Å². The lowest BCUT2D eigenvalue weighted by molar-refractivity contribution is -0.180. The molecule has 1 unspecified atom stereocenters. The number of aromatic nitrogens is 1. The summed E-state index contributed by atoms with van der Waals surface area (Å²) in [6, 6.07) is 1.62. The molecule has 0 aromatic carbocycles. The summed E-state index contributed by atoms with van der Waals surface area (Å²) < 4.78 is 55.0. The fraction of sp³-hybridized carbons (Fsp3) is 0.700. The summed E-state index contributed by atoms with van der Waals surface area (Å²) in [6.07, 6.45) is 6.78. The van der Waals surface area contributed by atoms with E-state index in [1.807, 2.05) is 13.8 Å². The average Bonchev–Trinajstić information content (AvgIpc) is 3.61. The molecule has 75 heavy (non-hydrogen) atoms. The predicted molar refractivity (Wildman–Crippen MR) is 271 cm³/mol. The van der Waals surface area contributed by atoms with Gasteiger partial charge in [0.1, 0.15) is 18.6 Å². The van der Waals surface area contributed by atoms with Crippen molar-refractivity contribution < 1.29 is 81.3 Å². The van der Waals surface area contributed by atoms with Crippen molar-refractivity contribution in [2.24, 2.45) is 16.6 Å². The normalized spacial score (nSPS) is 16.4. The number of aliphatic hydroxyl groups is 1. The Morgan fingerprint density at radius 2 is 1.25 bits per heavy atom. The number of nitrogens with zero attached hydrogens (tertiary/aromatic N) is 5. The summed E-state index contributed by atoms with van der Waals surface area (Å²) in [5.41, 5.74) is 7.73. The molecule has 3 aliphatic heterocycles. The Labute approximate surface area is 439 Å².